The molecule has 0 aromatic heterocycles. The van der Waals surface area contributed by atoms with Crippen LogP contribution in [0.1, 0.15) is 11.1 Å². The molecule has 1 aromatic rings. The van der Waals surface area contributed by atoms with Crippen LogP contribution in [0, 0.1) is 6.92 Å². The first kappa shape index (κ1) is 11.1. The Morgan fingerprint density at radius 1 is 1.40 bits per heavy atom. The van der Waals surface area contributed by atoms with Crippen molar-refractivity contribution in [1.29, 1.82) is 0 Å². The predicted molar refractivity (Wildman–Crippen MR) is 65.2 cm³/mol. The Morgan fingerprint density at radius 2 is 2.13 bits per heavy atom. The summed E-state index contributed by atoms with van der Waals surface area (Å²) < 4.78 is 6.73. The summed E-state index contributed by atoms with van der Waals surface area (Å²) in [6.45, 7) is 4.02. The Labute approximate surface area is 99.1 Å². The lowest BCUT2D eigenvalue weighted by Crippen LogP contribution is -2.61. The van der Waals surface area contributed by atoms with Crippen molar-refractivity contribution < 1.29 is 4.74 Å². The SMILES string of the molecule is COC1(Cc2cc(C)cc(Br)c2)CNC1. The van der Waals surface area contributed by atoms with E-state index >= 15 is 0 Å². The van der Waals surface area contributed by atoms with Crippen LogP contribution in [0.3, 0.4) is 0 Å². The number of ether oxygens (including phenoxy) is 1. The van der Waals surface area contributed by atoms with Crippen LogP contribution >= 0.6 is 15.9 Å². The molecule has 15 heavy (non-hydrogen) atoms. The van der Waals surface area contributed by atoms with Crippen molar-refractivity contribution in [2.75, 3.05) is 20.2 Å². The van der Waals surface area contributed by atoms with Crippen LogP contribution in [0.15, 0.2) is 22.7 Å². The first-order valence-electron chi connectivity index (χ1n) is 5.15. The largest absolute Gasteiger partial charge is 0.375 e. The van der Waals surface area contributed by atoms with Gasteiger partial charge in [-0.2, -0.15) is 0 Å². The zero-order chi connectivity index (χ0) is 10.9. The van der Waals surface area contributed by atoms with Gasteiger partial charge in [-0.15, -0.1) is 0 Å². The molecular weight excluding hydrogens is 254 g/mol. The van der Waals surface area contributed by atoms with Gasteiger partial charge in [0, 0.05) is 31.1 Å². The summed E-state index contributed by atoms with van der Waals surface area (Å²) in [5.74, 6) is 0. The van der Waals surface area contributed by atoms with Gasteiger partial charge in [0.05, 0.1) is 5.60 Å². The molecule has 1 aromatic carbocycles. The van der Waals surface area contributed by atoms with Gasteiger partial charge in [-0.3, -0.25) is 0 Å². The maximum absolute atomic E-state index is 5.58. The average molecular weight is 270 g/mol. The van der Waals surface area contributed by atoms with Crippen LogP contribution in [0.25, 0.3) is 0 Å². The molecule has 0 atom stereocenters. The Bertz CT molecular complexity index is 335. The van der Waals surface area contributed by atoms with Crippen LogP contribution < -0.4 is 5.32 Å². The summed E-state index contributed by atoms with van der Waals surface area (Å²) in [7, 11) is 1.80. The van der Waals surface area contributed by atoms with E-state index in [2.05, 4.69) is 46.4 Å². The van der Waals surface area contributed by atoms with Crippen molar-refractivity contribution in [2.24, 2.45) is 0 Å². The van der Waals surface area contributed by atoms with E-state index in [1.165, 1.54) is 11.1 Å². The van der Waals surface area contributed by atoms with E-state index in [1.54, 1.807) is 7.11 Å². The van der Waals surface area contributed by atoms with Crippen LogP contribution in [-0.4, -0.2) is 25.8 Å². The standard InChI is InChI=1S/C12H16BrNO/c1-9-3-10(5-11(13)4-9)6-12(15-2)7-14-8-12/h3-5,14H,6-8H2,1-2H3. The van der Waals surface area contributed by atoms with E-state index in [-0.39, 0.29) is 5.60 Å². The molecule has 82 valence electrons. The van der Waals surface area contributed by atoms with Gasteiger partial charge in [-0.25, -0.2) is 0 Å². The summed E-state index contributed by atoms with van der Waals surface area (Å²) >= 11 is 3.53. The summed E-state index contributed by atoms with van der Waals surface area (Å²) in [5, 5.41) is 3.27. The van der Waals surface area contributed by atoms with Gasteiger partial charge in [0.15, 0.2) is 0 Å². The second-order valence-electron chi connectivity index (χ2n) is 4.30. The van der Waals surface area contributed by atoms with Gasteiger partial charge in [-0.05, 0) is 30.2 Å². The summed E-state index contributed by atoms with van der Waals surface area (Å²) in [4.78, 5) is 0. The lowest BCUT2D eigenvalue weighted by molar-refractivity contribution is -0.0502. The lowest BCUT2D eigenvalue weighted by atomic mass is 9.88. The third-order valence-electron chi connectivity index (χ3n) is 2.96. The molecule has 1 N–H and O–H groups in total. The maximum atomic E-state index is 5.58. The number of hydrogen-bond donors (Lipinski definition) is 1. The molecule has 0 aliphatic carbocycles. The van der Waals surface area contributed by atoms with Crippen LogP contribution in [0.4, 0.5) is 0 Å². The first-order chi connectivity index (χ1) is 7.13. The molecule has 1 heterocycles. The fourth-order valence-electron chi connectivity index (χ4n) is 2.03. The van der Waals surface area contributed by atoms with E-state index in [1.807, 2.05) is 0 Å². The number of hydrogen-bond acceptors (Lipinski definition) is 2. The zero-order valence-corrected chi connectivity index (χ0v) is 10.7. The zero-order valence-electron chi connectivity index (χ0n) is 9.14. The normalized spacial score (nSPS) is 18.6. The van der Waals surface area contributed by atoms with Gasteiger partial charge in [0.2, 0.25) is 0 Å². The smallest absolute Gasteiger partial charge is 0.0966 e. The molecule has 0 unspecified atom stereocenters. The second-order valence-corrected chi connectivity index (χ2v) is 5.22. The Balaban J connectivity index is 2.16. The molecule has 1 saturated heterocycles. The van der Waals surface area contributed by atoms with Crippen LogP contribution in [0.5, 0.6) is 0 Å². The van der Waals surface area contributed by atoms with Crippen molar-refractivity contribution in [3.8, 4) is 0 Å². The fraction of sp³-hybridized carbons (Fsp3) is 0.500. The van der Waals surface area contributed by atoms with E-state index in [4.69, 9.17) is 4.74 Å². The highest BCUT2D eigenvalue weighted by Crippen LogP contribution is 2.24. The number of methoxy groups -OCH3 is 1. The molecule has 0 bridgehead atoms. The molecule has 0 amide bonds. The molecule has 1 aliphatic heterocycles. The molecule has 2 rings (SSSR count). The van der Waals surface area contributed by atoms with Crippen molar-refractivity contribution in [2.45, 2.75) is 18.9 Å². The summed E-state index contributed by atoms with van der Waals surface area (Å²) in [6.07, 6.45) is 0.983. The van der Waals surface area contributed by atoms with E-state index in [9.17, 15) is 0 Å². The van der Waals surface area contributed by atoms with Gasteiger partial charge >= 0.3 is 0 Å². The molecule has 2 nitrogen and oxygen atoms in total. The Kier molecular flexibility index (Phi) is 3.14. The topological polar surface area (TPSA) is 21.3 Å². The maximum Gasteiger partial charge on any atom is 0.0966 e. The molecule has 0 saturated carbocycles. The minimum atomic E-state index is 0.0211. The van der Waals surface area contributed by atoms with Gasteiger partial charge in [0.1, 0.15) is 0 Å². The Morgan fingerprint density at radius 3 is 2.60 bits per heavy atom. The molecule has 0 radical (unpaired) electrons. The monoisotopic (exact) mass is 269 g/mol. The molecule has 1 fully saturated rings. The van der Waals surface area contributed by atoms with Crippen molar-refractivity contribution in [1.82, 2.24) is 5.32 Å². The Hall–Kier alpha value is -0.380. The number of rotatable bonds is 3. The third-order valence-corrected chi connectivity index (χ3v) is 3.41. The van der Waals surface area contributed by atoms with E-state index in [0.717, 1.165) is 24.0 Å². The van der Waals surface area contributed by atoms with Crippen molar-refractivity contribution in [3.05, 3.63) is 33.8 Å². The van der Waals surface area contributed by atoms with Gasteiger partial charge < -0.3 is 10.1 Å². The quantitative estimate of drug-likeness (QED) is 0.909. The summed E-state index contributed by atoms with van der Waals surface area (Å²) in [6, 6.07) is 6.53. The van der Waals surface area contributed by atoms with E-state index < -0.39 is 0 Å². The van der Waals surface area contributed by atoms with E-state index in [0.29, 0.717) is 0 Å². The number of halogens is 1. The third kappa shape index (κ3) is 2.41. The number of aryl methyl sites for hydroxylation is 1. The first-order valence-corrected chi connectivity index (χ1v) is 5.95. The number of benzene rings is 1. The molecule has 1 aliphatic rings. The van der Waals surface area contributed by atoms with Gasteiger partial charge in [0.25, 0.3) is 0 Å². The summed E-state index contributed by atoms with van der Waals surface area (Å²) in [5.41, 5.74) is 2.65. The number of nitrogens with one attached hydrogen (secondary N) is 1. The predicted octanol–water partition coefficient (Wildman–Crippen LogP) is 2.29. The average Bonchev–Trinajstić information content (AvgIpc) is 2.10. The van der Waals surface area contributed by atoms with Crippen molar-refractivity contribution in [3.63, 3.8) is 0 Å². The van der Waals surface area contributed by atoms with Crippen molar-refractivity contribution >= 4 is 15.9 Å². The highest BCUT2D eigenvalue weighted by molar-refractivity contribution is 9.10. The minimum Gasteiger partial charge on any atom is -0.375 e. The highest BCUT2D eigenvalue weighted by Gasteiger charge is 2.36. The minimum absolute atomic E-state index is 0.0211. The highest BCUT2D eigenvalue weighted by atomic mass is 79.9. The molecule has 3 heteroatoms. The molecular formula is C12H16BrNO. The van der Waals surface area contributed by atoms with Crippen LogP contribution in [0.2, 0.25) is 0 Å². The van der Waals surface area contributed by atoms with Gasteiger partial charge in [-0.1, -0.05) is 22.0 Å². The lowest BCUT2D eigenvalue weighted by Gasteiger charge is -2.41. The fourth-order valence-corrected chi connectivity index (χ4v) is 2.69. The van der Waals surface area contributed by atoms with Crippen LogP contribution in [-0.2, 0) is 11.2 Å². The second kappa shape index (κ2) is 4.24. The molecule has 0 spiro atoms.